The minimum Gasteiger partial charge on any atom is -0.348 e. The zero-order valence-electron chi connectivity index (χ0n) is 14.4. The molecule has 0 saturated carbocycles. The molecule has 1 saturated heterocycles. The first-order chi connectivity index (χ1) is 9.90. The van der Waals surface area contributed by atoms with Gasteiger partial charge in [-0.15, -0.1) is 0 Å². The lowest BCUT2D eigenvalue weighted by Crippen LogP contribution is -2.37. The van der Waals surface area contributed by atoms with Gasteiger partial charge in [0, 0.05) is 5.92 Å². The molecule has 0 aliphatic carbocycles. The van der Waals surface area contributed by atoms with Crippen molar-refractivity contribution in [1.29, 1.82) is 0 Å². The third kappa shape index (κ3) is 7.10. The van der Waals surface area contributed by atoms with Crippen LogP contribution >= 0.6 is 0 Å². The SMILES string of the molecule is C=C(CCC=C(C)CCC=C(C)C)C1OCC(C)C(C)O1. The van der Waals surface area contributed by atoms with Gasteiger partial charge in [0.15, 0.2) is 6.29 Å². The minimum absolute atomic E-state index is 0.212. The highest BCUT2D eigenvalue weighted by atomic mass is 16.7. The van der Waals surface area contributed by atoms with Crippen molar-refractivity contribution in [2.45, 2.75) is 72.7 Å². The Hall–Kier alpha value is -0.860. The highest BCUT2D eigenvalue weighted by molar-refractivity contribution is 5.06. The lowest BCUT2D eigenvalue weighted by atomic mass is 10.0. The molecule has 1 rings (SSSR count). The highest BCUT2D eigenvalue weighted by Gasteiger charge is 2.26. The predicted molar refractivity (Wildman–Crippen MR) is 90.2 cm³/mol. The monoisotopic (exact) mass is 292 g/mol. The molecule has 0 aromatic carbocycles. The van der Waals surface area contributed by atoms with Crippen LogP contribution < -0.4 is 0 Å². The van der Waals surface area contributed by atoms with Gasteiger partial charge in [-0.05, 0) is 59.0 Å². The largest absolute Gasteiger partial charge is 0.348 e. The van der Waals surface area contributed by atoms with Gasteiger partial charge in [0.1, 0.15) is 0 Å². The van der Waals surface area contributed by atoms with E-state index < -0.39 is 0 Å². The fraction of sp³-hybridized carbons (Fsp3) is 0.684. The molecule has 0 spiro atoms. The molecule has 0 radical (unpaired) electrons. The van der Waals surface area contributed by atoms with Gasteiger partial charge < -0.3 is 9.47 Å². The van der Waals surface area contributed by atoms with Gasteiger partial charge in [-0.1, -0.05) is 36.8 Å². The first-order valence-electron chi connectivity index (χ1n) is 8.14. The molecule has 3 atom stereocenters. The standard InChI is InChI=1S/C19H32O2/c1-14(2)9-7-10-15(3)11-8-12-16(4)19-20-13-17(5)18(6)21-19/h9,11,17-19H,4,7-8,10,12-13H2,1-3,5-6H3. The number of ether oxygens (including phenoxy) is 2. The first-order valence-corrected chi connectivity index (χ1v) is 8.14. The topological polar surface area (TPSA) is 18.5 Å². The molecular weight excluding hydrogens is 260 g/mol. The molecule has 1 aliphatic rings. The summed E-state index contributed by atoms with van der Waals surface area (Å²) in [6, 6.07) is 0. The molecular formula is C19H32O2. The van der Waals surface area contributed by atoms with E-state index in [9.17, 15) is 0 Å². The van der Waals surface area contributed by atoms with Crippen LogP contribution in [0.25, 0.3) is 0 Å². The van der Waals surface area contributed by atoms with Crippen molar-refractivity contribution in [3.8, 4) is 0 Å². The third-order valence-electron chi connectivity index (χ3n) is 4.03. The maximum absolute atomic E-state index is 5.86. The average molecular weight is 292 g/mol. The summed E-state index contributed by atoms with van der Waals surface area (Å²) in [7, 11) is 0. The fourth-order valence-corrected chi connectivity index (χ4v) is 2.27. The average Bonchev–Trinajstić information content (AvgIpc) is 2.41. The zero-order valence-corrected chi connectivity index (χ0v) is 14.4. The van der Waals surface area contributed by atoms with E-state index >= 15 is 0 Å². The van der Waals surface area contributed by atoms with E-state index in [4.69, 9.17) is 9.47 Å². The van der Waals surface area contributed by atoms with Crippen molar-refractivity contribution in [3.63, 3.8) is 0 Å². The second-order valence-electron chi connectivity index (χ2n) is 6.55. The molecule has 1 fully saturated rings. The summed E-state index contributed by atoms with van der Waals surface area (Å²) in [5.41, 5.74) is 3.90. The molecule has 21 heavy (non-hydrogen) atoms. The van der Waals surface area contributed by atoms with Crippen LogP contribution in [0.1, 0.15) is 60.3 Å². The Morgan fingerprint density at radius 2 is 1.76 bits per heavy atom. The van der Waals surface area contributed by atoms with Crippen molar-refractivity contribution < 1.29 is 9.47 Å². The molecule has 0 N–H and O–H groups in total. The van der Waals surface area contributed by atoms with Gasteiger partial charge in [-0.3, -0.25) is 0 Å². The normalized spacial score (nSPS) is 26.5. The summed E-state index contributed by atoms with van der Waals surface area (Å²) in [5, 5.41) is 0. The highest BCUT2D eigenvalue weighted by Crippen LogP contribution is 2.24. The second kappa shape index (κ2) is 9.22. The van der Waals surface area contributed by atoms with Gasteiger partial charge in [0.2, 0.25) is 0 Å². The van der Waals surface area contributed by atoms with Crippen LogP contribution in [0.3, 0.4) is 0 Å². The van der Waals surface area contributed by atoms with E-state index in [1.807, 2.05) is 0 Å². The number of allylic oxidation sites excluding steroid dienone is 4. The van der Waals surface area contributed by atoms with E-state index in [1.54, 1.807) is 0 Å². The molecule has 120 valence electrons. The Morgan fingerprint density at radius 3 is 2.38 bits per heavy atom. The summed E-state index contributed by atoms with van der Waals surface area (Å²) in [6.45, 7) is 15.7. The third-order valence-corrected chi connectivity index (χ3v) is 4.03. The number of hydrogen-bond acceptors (Lipinski definition) is 2. The molecule has 1 aliphatic heterocycles. The molecule has 0 bridgehead atoms. The Morgan fingerprint density at radius 1 is 1.10 bits per heavy atom. The molecule has 2 nitrogen and oxygen atoms in total. The minimum atomic E-state index is -0.212. The van der Waals surface area contributed by atoms with Crippen LogP contribution in [0, 0.1) is 5.92 Å². The number of hydrogen-bond donors (Lipinski definition) is 0. The zero-order chi connectivity index (χ0) is 15.8. The molecule has 0 aromatic rings. The lowest BCUT2D eigenvalue weighted by molar-refractivity contribution is -0.210. The van der Waals surface area contributed by atoms with E-state index in [0.29, 0.717) is 5.92 Å². The van der Waals surface area contributed by atoms with Gasteiger partial charge in [0.05, 0.1) is 12.7 Å². The second-order valence-corrected chi connectivity index (χ2v) is 6.55. The molecule has 3 unspecified atom stereocenters. The van der Waals surface area contributed by atoms with Crippen molar-refractivity contribution in [1.82, 2.24) is 0 Å². The smallest absolute Gasteiger partial charge is 0.179 e. The van der Waals surface area contributed by atoms with Crippen LogP contribution in [0.15, 0.2) is 35.5 Å². The van der Waals surface area contributed by atoms with Crippen molar-refractivity contribution in [2.24, 2.45) is 5.92 Å². The van der Waals surface area contributed by atoms with Crippen molar-refractivity contribution in [3.05, 3.63) is 35.5 Å². The van der Waals surface area contributed by atoms with Crippen LogP contribution in [0.4, 0.5) is 0 Å². The fourth-order valence-electron chi connectivity index (χ4n) is 2.27. The van der Waals surface area contributed by atoms with E-state index in [2.05, 4.69) is 53.3 Å². The van der Waals surface area contributed by atoms with Crippen molar-refractivity contribution >= 4 is 0 Å². The number of rotatable bonds is 7. The van der Waals surface area contributed by atoms with Gasteiger partial charge >= 0.3 is 0 Å². The predicted octanol–water partition coefficient (Wildman–Crippen LogP) is 5.41. The van der Waals surface area contributed by atoms with Crippen LogP contribution in [0.5, 0.6) is 0 Å². The summed E-state index contributed by atoms with van der Waals surface area (Å²) >= 11 is 0. The molecule has 1 heterocycles. The van der Waals surface area contributed by atoms with E-state index in [0.717, 1.165) is 37.9 Å². The Bertz CT molecular complexity index is 388. The van der Waals surface area contributed by atoms with Crippen LogP contribution in [0.2, 0.25) is 0 Å². The maximum atomic E-state index is 5.86. The van der Waals surface area contributed by atoms with Crippen molar-refractivity contribution in [2.75, 3.05) is 6.61 Å². The Balaban J connectivity index is 2.28. The molecule has 0 aromatic heterocycles. The van der Waals surface area contributed by atoms with E-state index in [1.165, 1.54) is 11.1 Å². The maximum Gasteiger partial charge on any atom is 0.179 e. The Labute approximate surface area is 130 Å². The van der Waals surface area contributed by atoms with Crippen LogP contribution in [-0.2, 0) is 9.47 Å². The first kappa shape index (κ1) is 18.2. The summed E-state index contributed by atoms with van der Waals surface area (Å²) in [4.78, 5) is 0. The van der Waals surface area contributed by atoms with Gasteiger partial charge in [-0.2, -0.15) is 0 Å². The summed E-state index contributed by atoms with van der Waals surface area (Å²) < 4.78 is 11.6. The van der Waals surface area contributed by atoms with Crippen LogP contribution in [-0.4, -0.2) is 19.0 Å². The van der Waals surface area contributed by atoms with E-state index in [-0.39, 0.29) is 12.4 Å². The van der Waals surface area contributed by atoms with Gasteiger partial charge in [-0.25, -0.2) is 0 Å². The summed E-state index contributed by atoms with van der Waals surface area (Å²) in [6.07, 6.45) is 8.88. The molecule has 2 heteroatoms. The summed E-state index contributed by atoms with van der Waals surface area (Å²) in [5.74, 6) is 0.464. The molecule has 0 amide bonds. The quantitative estimate of drug-likeness (QED) is 0.584. The Kier molecular flexibility index (Phi) is 7.98. The van der Waals surface area contributed by atoms with Gasteiger partial charge in [0.25, 0.3) is 0 Å². The lowest BCUT2D eigenvalue weighted by Gasteiger charge is -2.33.